The zero-order chi connectivity index (χ0) is 18.9. The highest BCUT2D eigenvalue weighted by molar-refractivity contribution is 14.0. The number of hydrogen-bond acceptors (Lipinski definition) is 2. The molecule has 1 aliphatic carbocycles. The third-order valence-electron chi connectivity index (χ3n) is 5.85. The molecule has 5 nitrogen and oxygen atoms in total. The second kappa shape index (κ2) is 8.80. The Balaban J connectivity index is 0.00000225. The summed E-state index contributed by atoms with van der Waals surface area (Å²) in [6, 6.07) is 7.15. The highest BCUT2D eigenvalue weighted by Gasteiger charge is 2.46. The van der Waals surface area contributed by atoms with Crippen LogP contribution >= 0.6 is 24.0 Å². The summed E-state index contributed by atoms with van der Waals surface area (Å²) in [7, 11) is 1.96. The minimum Gasteiger partial charge on any atom is -0.357 e. The van der Waals surface area contributed by atoms with Gasteiger partial charge in [0.25, 0.3) is 0 Å². The van der Waals surface area contributed by atoms with Crippen molar-refractivity contribution >= 4 is 29.9 Å². The molecule has 4 rings (SSSR count). The minimum absolute atomic E-state index is 0. The molecule has 0 amide bonds. The SMILES string of the molecule is CCNC(=NCC1(c2ccccc2F)CC1)N1CCC(c2cnn(C)c2)C1.I. The molecule has 0 bridgehead atoms. The minimum atomic E-state index is -0.117. The molecular formula is C21H29FIN5. The quantitative estimate of drug-likeness (QED) is 0.390. The number of guanidine groups is 1. The average Bonchev–Trinajstić information content (AvgIpc) is 3.07. The summed E-state index contributed by atoms with van der Waals surface area (Å²) in [6.07, 6.45) is 7.20. The molecule has 1 N–H and O–H groups in total. The first-order valence-corrected chi connectivity index (χ1v) is 9.88. The van der Waals surface area contributed by atoms with Crippen molar-refractivity contribution in [1.82, 2.24) is 20.0 Å². The van der Waals surface area contributed by atoms with Crippen LogP contribution in [0.15, 0.2) is 41.7 Å². The van der Waals surface area contributed by atoms with Gasteiger partial charge in [0.05, 0.1) is 12.7 Å². The van der Waals surface area contributed by atoms with Crippen molar-refractivity contribution in [1.29, 1.82) is 0 Å². The Labute approximate surface area is 183 Å². The van der Waals surface area contributed by atoms with Gasteiger partial charge in [-0.2, -0.15) is 5.10 Å². The molecule has 1 aromatic carbocycles. The van der Waals surface area contributed by atoms with Crippen molar-refractivity contribution < 1.29 is 4.39 Å². The van der Waals surface area contributed by atoms with Crippen LogP contribution in [0.25, 0.3) is 0 Å². The number of likely N-dealkylation sites (tertiary alicyclic amines) is 1. The lowest BCUT2D eigenvalue weighted by Gasteiger charge is -2.23. The summed E-state index contributed by atoms with van der Waals surface area (Å²) >= 11 is 0. The molecule has 2 aliphatic rings. The third-order valence-corrected chi connectivity index (χ3v) is 5.85. The van der Waals surface area contributed by atoms with Gasteiger partial charge in [-0.25, -0.2) is 4.39 Å². The van der Waals surface area contributed by atoms with Crippen LogP contribution in [-0.4, -0.2) is 46.8 Å². The van der Waals surface area contributed by atoms with Crippen LogP contribution in [0.5, 0.6) is 0 Å². The largest absolute Gasteiger partial charge is 0.357 e. The number of benzene rings is 1. The van der Waals surface area contributed by atoms with Gasteiger partial charge in [0.1, 0.15) is 5.82 Å². The number of halogens is 2. The summed E-state index contributed by atoms with van der Waals surface area (Å²) in [5.74, 6) is 1.34. The molecule has 1 aliphatic heterocycles. The predicted octanol–water partition coefficient (Wildman–Crippen LogP) is 3.66. The van der Waals surface area contributed by atoms with E-state index in [9.17, 15) is 4.39 Å². The lowest BCUT2D eigenvalue weighted by atomic mass is 9.95. The smallest absolute Gasteiger partial charge is 0.193 e. The van der Waals surface area contributed by atoms with E-state index in [0.29, 0.717) is 12.5 Å². The van der Waals surface area contributed by atoms with Crippen molar-refractivity contribution in [3.8, 4) is 0 Å². The highest BCUT2D eigenvalue weighted by Crippen LogP contribution is 2.49. The zero-order valence-corrected chi connectivity index (χ0v) is 18.9. The fourth-order valence-corrected chi connectivity index (χ4v) is 4.08. The van der Waals surface area contributed by atoms with Crippen molar-refractivity contribution in [3.05, 3.63) is 53.6 Å². The van der Waals surface area contributed by atoms with Gasteiger partial charge in [0.15, 0.2) is 5.96 Å². The molecule has 2 fully saturated rings. The van der Waals surface area contributed by atoms with E-state index in [0.717, 1.165) is 50.4 Å². The van der Waals surface area contributed by atoms with Gasteiger partial charge in [-0.3, -0.25) is 9.67 Å². The van der Waals surface area contributed by atoms with Crippen molar-refractivity contribution in [2.75, 3.05) is 26.2 Å². The standard InChI is InChI=1S/C21H28FN5.HI/c1-3-23-20(27-11-8-16(14-27)17-12-25-26(2)13-17)24-15-21(9-10-21)18-6-4-5-7-19(18)22;/h4-7,12-13,16H,3,8-11,14-15H2,1-2H3,(H,23,24);1H. The van der Waals surface area contributed by atoms with E-state index in [1.807, 2.05) is 30.1 Å². The highest BCUT2D eigenvalue weighted by atomic mass is 127. The van der Waals surface area contributed by atoms with E-state index in [1.165, 1.54) is 5.56 Å². The average molecular weight is 497 g/mol. The van der Waals surface area contributed by atoms with E-state index < -0.39 is 0 Å². The summed E-state index contributed by atoms with van der Waals surface area (Å²) in [5, 5.41) is 7.73. The lowest BCUT2D eigenvalue weighted by molar-refractivity contribution is 0.482. The van der Waals surface area contributed by atoms with Crippen LogP contribution in [0.1, 0.15) is 43.2 Å². The fourth-order valence-electron chi connectivity index (χ4n) is 4.08. The van der Waals surface area contributed by atoms with Crippen LogP contribution < -0.4 is 5.32 Å². The molecule has 0 radical (unpaired) electrons. The summed E-state index contributed by atoms with van der Waals surface area (Å²) < 4.78 is 16.1. The molecule has 1 unspecified atom stereocenters. The maximum Gasteiger partial charge on any atom is 0.193 e. The van der Waals surface area contributed by atoms with Crippen LogP contribution in [0.3, 0.4) is 0 Å². The van der Waals surface area contributed by atoms with Crippen LogP contribution in [0.4, 0.5) is 4.39 Å². The van der Waals surface area contributed by atoms with Gasteiger partial charge >= 0.3 is 0 Å². The Bertz CT molecular complexity index is 830. The van der Waals surface area contributed by atoms with Crippen LogP contribution in [0.2, 0.25) is 0 Å². The number of aliphatic imine (C=N–C) groups is 1. The summed E-state index contributed by atoms with van der Waals surface area (Å²) in [6.45, 7) is 5.50. The molecule has 2 heterocycles. The Kier molecular flexibility index (Phi) is 6.62. The number of nitrogens with one attached hydrogen (secondary N) is 1. The number of nitrogens with zero attached hydrogens (tertiary/aromatic N) is 4. The first kappa shape index (κ1) is 21.1. The van der Waals surface area contributed by atoms with Crippen molar-refractivity contribution in [2.24, 2.45) is 12.0 Å². The monoisotopic (exact) mass is 497 g/mol. The summed E-state index contributed by atoms with van der Waals surface area (Å²) in [4.78, 5) is 7.26. The molecule has 1 saturated carbocycles. The normalized spacial score (nSPS) is 20.8. The zero-order valence-electron chi connectivity index (χ0n) is 16.6. The van der Waals surface area contributed by atoms with E-state index in [-0.39, 0.29) is 35.2 Å². The topological polar surface area (TPSA) is 45.5 Å². The Morgan fingerprint density at radius 2 is 2.14 bits per heavy atom. The predicted molar refractivity (Wildman–Crippen MR) is 121 cm³/mol. The molecule has 1 aromatic heterocycles. The Morgan fingerprint density at radius 3 is 2.79 bits per heavy atom. The van der Waals surface area contributed by atoms with Gasteiger partial charge in [-0.1, -0.05) is 18.2 Å². The number of aryl methyl sites for hydroxylation is 1. The van der Waals surface area contributed by atoms with Crippen molar-refractivity contribution in [3.63, 3.8) is 0 Å². The molecule has 152 valence electrons. The molecular weight excluding hydrogens is 468 g/mol. The number of aromatic nitrogens is 2. The molecule has 2 aromatic rings. The Hall–Kier alpha value is -1.64. The van der Waals surface area contributed by atoms with Gasteiger partial charge in [-0.15, -0.1) is 24.0 Å². The van der Waals surface area contributed by atoms with E-state index >= 15 is 0 Å². The summed E-state index contributed by atoms with van der Waals surface area (Å²) in [5.41, 5.74) is 1.99. The van der Waals surface area contributed by atoms with E-state index in [4.69, 9.17) is 4.99 Å². The van der Waals surface area contributed by atoms with Crippen LogP contribution in [-0.2, 0) is 12.5 Å². The number of hydrogen-bond donors (Lipinski definition) is 1. The molecule has 1 atom stereocenters. The lowest BCUT2D eigenvalue weighted by Crippen LogP contribution is -2.40. The fraction of sp³-hybridized carbons (Fsp3) is 0.524. The van der Waals surface area contributed by atoms with Gasteiger partial charge < -0.3 is 10.2 Å². The van der Waals surface area contributed by atoms with Crippen LogP contribution in [0, 0.1) is 5.82 Å². The second-order valence-corrected chi connectivity index (χ2v) is 7.81. The second-order valence-electron chi connectivity index (χ2n) is 7.81. The molecule has 1 saturated heterocycles. The third kappa shape index (κ3) is 4.34. The molecule has 28 heavy (non-hydrogen) atoms. The van der Waals surface area contributed by atoms with Crippen molar-refractivity contribution in [2.45, 2.75) is 37.5 Å². The maximum atomic E-state index is 14.3. The van der Waals surface area contributed by atoms with Gasteiger partial charge in [0, 0.05) is 44.2 Å². The number of rotatable bonds is 5. The van der Waals surface area contributed by atoms with Gasteiger partial charge in [0.2, 0.25) is 0 Å². The maximum absolute atomic E-state index is 14.3. The first-order valence-electron chi connectivity index (χ1n) is 9.88. The molecule has 7 heteroatoms. The van der Waals surface area contributed by atoms with Gasteiger partial charge in [-0.05, 0) is 43.4 Å². The Morgan fingerprint density at radius 1 is 1.36 bits per heavy atom. The molecule has 0 spiro atoms. The van der Waals surface area contributed by atoms with E-state index in [1.54, 1.807) is 12.1 Å². The van der Waals surface area contributed by atoms with E-state index in [2.05, 4.69) is 28.4 Å². The first-order chi connectivity index (χ1) is 13.1.